The van der Waals surface area contributed by atoms with Crippen LogP contribution in [0.5, 0.6) is 0 Å². The van der Waals surface area contributed by atoms with E-state index >= 15 is 0 Å². The molecule has 0 atom stereocenters. The molecule has 0 spiro atoms. The highest BCUT2D eigenvalue weighted by molar-refractivity contribution is 7.27. The van der Waals surface area contributed by atoms with E-state index in [0.717, 1.165) is 17.1 Å². The number of nitrogens with zero attached hydrogens (tertiary/aromatic N) is 1. The SMILES string of the molecule is c1ccc(-c2ccccc2N(c2ccc(-c3cccc4c3sc3c5ccccc5ccc43)cc2)c2ccc3c(c2)C(c2ccccc2)(c2ccccc2)c2ccccc2-3)cc1. The van der Waals surface area contributed by atoms with Crippen molar-refractivity contribution < 1.29 is 0 Å². The molecular weight excluding hydrogens is 755 g/mol. The van der Waals surface area contributed by atoms with Gasteiger partial charge in [0.1, 0.15) is 0 Å². The fraction of sp³-hybridized carbons (Fsp3) is 0.0169. The molecular formula is C59H39NS. The molecule has 1 aliphatic rings. The van der Waals surface area contributed by atoms with Gasteiger partial charge in [-0.25, -0.2) is 0 Å². The fourth-order valence-electron chi connectivity index (χ4n) is 10.1. The number of para-hydroxylation sites is 1. The highest BCUT2D eigenvalue weighted by Gasteiger charge is 2.46. The Morgan fingerprint density at radius 3 is 1.66 bits per heavy atom. The quantitative estimate of drug-likeness (QED) is 0.155. The summed E-state index contributed by atoms with van der Waals surface area (Å²) in [6, 6.07) is 87.2. The molecule has 0 N–H and O–H groups in total. The van der Waals surface area contributed by atoms with Crippen molar-refractivity contribution in [3.05, 3.63) is 259 Å². The molecule has 0 bridgehead atoms. The topological polar surface area (TPSA) is 3.24 Å². The number of hydrogen-bond acceptors (Lipinski definition) is 2. The third kappa shape index (κ3) is 5.53. The van der Waals surface area contributed by atoms with Crippen molar-refractivity contribution in [3.63, 3.8) is 0 Å². The van der Waals surface area contributed by atoms with Gasteiger partial charge in [0.25, 0.3) is 0 Å². The van der Waals surface area contributed by atoms with Gasteiger partial charge in [0.05, 0.1) is 11.1 Å². The lowest BCUT2D eigenvalue weighted by molar-refractivity contribution is 0.768. The van der Waals surface area contributed by atoms with Gasteiger partial charge < -0.3 is 4.90 Å². The molecule has 1 heterocycles. The molecule has 286 valence electrons. The van der Waals surface area contributed by atoms with Crippen LogP contribution in [0.3, 0.4) is 0 Å². The Kier molecular flexibility index (Phi) is 8.33. The normalized spacial score (nSPS) is 12.7. The van der Waals surface area contributed by atoms with Gasteiger partial charge in [0.2, 0.25) is 0 Å². The summed E-state index contributed by atoms with van der Waals surface area (Å²) in [7, 11) is 0. The summed E-state index contributed by atoms with van der Waals surface area (Å²) in [5.74, 6) is 0. The zero-order chi connectivity index (χ0) is 40.3. The molecule has 0 unspecified atom stereocenters. The third-order valence-corrected chi connectivity index (χ3v) is 14.0. The predicted octanol–water partition coefficient (Wildman–Crippen LogP) is 16.4. The van der Waals surface area contributed by atoms with E-state index in [1.807, 2.05) is 11.3 Å². The number of benzene rings is 10. The number of rotatable bonds is 7. The van der Waals surface area contributed by atoms with Crippen LogP contribution < -0.4 is 4.90 Å². The highest BCUT2D eigenvalue weighted by atomic mass is 32.1. The second kappa shape index (κ2) is 14.3. The maximum Gasteiger partial charge on any atom is 0.0714 e. The summed E-state index contributed by atoms with van der Waals surface area (Å²) in [6.45, 7) is 0. The summed E-state index contributed by atoms with van der Waals surface area (Å²) < 4.78 is 2.67. The standard InChI is InChI=1S/C59H39NS/c1-4-17-40(18-5-1)47-24-13-15-30-56(47)60(45-34-31-42(32-35-45)49-27-16-28-52-53-37-33-41-19-10-11-25-48(41)58(53)61-57(49)52)46-36-38-51-50-26-12-14-29-54(50)59(55(51)39-46,43-20-6-2-7-21-43)44-22-8-3-9-23-44/h1-39H. The first-order valence-corrected chi connectivity index (χ1v) is 21.8. The molecule has 0 saturated heterocycles. The van der Waals surface area contributed by atoms with E-state index in [-0.39, 0.29) is 0 Å². The van der Waals surface area contributed by atoms with Gasteiger partial charge in [-0.2, -0.15) is 0 Å². The van der Waals surface area contributed by atoms with Crippen LogP contribution in [0.15, 0.2) is 237 Å². The zero-order valence-electron chi connectivity index (χ0n) is 33.4. The Morgan fingerprint density at radius 1 is 0.328 bits per heavy atom. The maximum atomic E-state index is 2.47. The van der Waals surface area contributed by atoms with Crippen molar-refractivity contribution in [1.29, 1.82) is 0 Å². The molecule has 2 heteroatoms. The minimum Gasteiger partial charge on any atom is -0.310 e. The fourth-order valence-corrected chi connectivity index (χ4v) is 11.4. The molecule has 11 aromatic rings. The number of fused-ring (bicyclic) bond motifs is 8. The van der Waals surface area contributed by atoms with Crippen molar-refractivity contribution in [2.45, 2.75) is 5.41 Å². The molecule has 0 fully saturated rings. The van der Waals surface area contributed by atoms with E-state index < -0.39 is 5.41 Å². The summed E-state index contributed by atoms with van der Waals surface area (Å²) in [5.41, 5.74) is 15.3. The summed E-state index contributed by atoms with van der Waals surface area (Å²) in [5, 5.41) is 5.23. The van der Waals surface area contributed by atoms with Crippen molar-refractivity contribution in [2.24, 2.45) is 0 Å². The molecule has 1 nitrogen and oxygen atoms in total. The zero-order valence-corrected chi connectivity index (χ0v) is 34.2. The maximum absolute atomic E-state index is 2.47. The molecule has 1 aliphatic carbocycles. The summed E-state index contributed by atoms with van der Waals surface area (Å²) >= 11 is 1.91. The molecule has 1 aromatic heterocycles. The van der Waals surface area contributed by atoms with Crippen LogP contribution in [0, 0.1) is 0 Å². The lowest BCUT2D eigenvalue weighted by Gasteiger charge is -2.35. The highest BCUT2D eigenvalue weighted by Crippen LogP contribution is 2.57. The first kappa shape index (κ1) is 35.4. The number of anilines is 3. The van der Waals surface area contributed by atoms with Crippen molar-refractivity contribution in [2.75, 3.05) is 4.90 Å². The van der Waals surface area contributed by atoms with E-state index in [1.54, 1.807) is 0 Å². The summed E-state index contributed by atoms with van der Waals surface area (Å²) in [6.07, 6.45) is 0. The van der Waals surface area contributed by atoms with E-state index in [2.05, 4.69) is 241 Å². The molecule has 0 saturated carbocycles. The van der Waals surface area contributed by atoms with Crippen LogP contribution >= 0.6 is 11.3 Å². The number of hydrogen-bond donors (Lipinski definition) is 0. The second-order valence-corrected chi connectivity index (χ2v) is 17.0. The van der Waals surface area contributed by atoms with Crippen LogP contribution in [0.4, 0.5) is 17.1 Å². The van der Waals surface area contributed by atoms with Crippen LogP contribution in [-0.2, 0) is 5.41 Å². The van der Waals surface area contributed by atoms with Crippen molar-refractivity contribution in [3.8, 4) is 33.4 Å². The minimum atomic E-state index is -0.507. The smallest absolute Gasteiger partial charge is 0.0714 e. The molecule has 12 rings (SSSR count). The average Bonchev–Trinajstić information content (AvgIpc) is 3.87. The minimum absolute atomic E-state index is 0.507. The molecule has 0 radical (unpaired) electrons. The van der Waals surface area contributed by atoms with Gasteiger partial charge in [0, 0.05) is 37.1 Å². The second-order valence-electron chi connectivity index (χ2n) is 16.0. The lowest BCUT2D eigenvalue weighted by Crippen LogP contribution is -2.28. The molecule has 0 aliphatic heterocycles. The van der Waals surface area contributed by atoms with Gasteiger partial charge in [0.15, 0.2) is 0 Å². The van der Waals surface area contributed by atoms with Crippen LogP contribution in [-0.4, -0.2) is 0 Å². The van der Waals surface area contributed by atoms with Crippen molar-refractivity contribution >= 4 is 59.3 Å². The molecule has 10 aromatic carbocycles. The lowest BCUT2D eigenvalue weighted by atomic mass is 9.67. The number of thiophene rings is 1. The van der Waals surface area contributed by atoms with Crippen LogP contribution in [0.1, 0.15) is 22.3 Å². The van der Waals surface area contributed by atoms with Gasteiger partial charge in [-0.05, 0) is 91.2 Å². The average molecular weight is 794 g/mol. The Morgan fingerprint density at radius 2 is 0.885 bits per heavy atom. The Bertz CT molecular complexity index is 3360. The van der Waals surface area contributed by atoms with Gasteiger partial charge in [-0.1, -0.05) is 206 Å². The largest absolute Gasteiger partial charge is 0.310 e. The van der Waals surface area contributed by atoms with E-state index in [0.29, 0.717) is 0 Å². The Hall–Kier alpha value is -7.52. The Labute approximate surface area is 360 Å². The first-order chi connectivity index (χ1) is 30.3. The van der Waals surface area contributed by atoms with E-state index in [1.165, 1.54) is 86.6 Å². The summed E-state index contributed by atoms with van der Waals surface area (Å²) in [4.78, 5) is 2.46. The molecule has 61 heavy (non-hydrogen) atoms. The van der Waals surface area contributed by atoms with Gasteiger partial charge in [-0.15, -0.1) is 11.3 Å². The first-order valence-electron chi connectivity index (χ1n) is 21.0. The third-order valence-electron chi connectivity index (χ3n) is 12.8. The van der Waals surface area contributed by atoms with Crippen molar-refractivity contribution in [1.82, 2.24) is 0 Å². The van der Waals surface area contributed by atoms with E-state index in [4.69, 9.17) is 0 Å². The van der Waals surface area contributed by atoms with E-state index in [9.17, 15) is 0 Å². The van der Waals surface area contributed by atoms with Gasteiger partial charge in [-0.3, -0.25) is 0 Å². The predicted molar refractivity (Wildman–Crippen MR) is 260 cm³/mol. The monoisotopic (exact) mass is 793 g/mol. The molecule has 0 amide bonds. The Balaban J connectivity index is 1.07. The van der Waals surface area contributed by atoms with Crippen LogP contribution in [0.2, 0.25) is 0 Å². The van der Waals surface area contributed by atoms with Gasteiger partial charge >= 0.3 is 0 Å². The van der Waals surface area contributed by atoms with Crippen LogP contribution in [0.25, 0.3) is 64.3 Å².